The van der Waals surface area contributed by atoms with Crippen LogP contribution in [-0.4, -0.2) is 23.9 Å². The number of hydrogen-bond donors (Lipinski definition) is 1. The summed E-state index contributed by atoms with van der Waals surface area (Å²) in [5.74, 6) is -0.542. The van der Waals surface area contributed by atoms with Gasteiger partial charge in [0.05, 0.1) is 17.7 Å². The van der Waals surface area contributed by atoms with E-state index in [9.17, 15) is 14.7 Å². The van der Waals surface area contributed by atoms with E-state index in [0.717, 1.165) is 5.56 Å². The lowest BCUT2D eigenvalue weighted by Crippen LogP contribution is -2.29. The third-order valence-electron chi connectivity index (χ3n) is 5.21. The molecule has 4 rings (SSSR count). The zero-order chi connectivity index (χ0) is 22.3. The number of benzene rings is 2. The summed E-state index contributed by atoms with van der Waals surface area (Å²) < 4.78 is 11.0. The standard InChI is InChI=1S/C24H20ClNO5/c1-13-4-8-16(9-5-13)26-21(18-11-6-14(2)31-18)20(23(28)24(26)29)22(27)15-7-10-17(25)19(12-15)30-3/h4-12,21,27H,1-3H3/b22-20-. The lowest BCUT2D eigenvalue weighted by molar-refractivity contribution is -0.132. The Balaban J connectivity index is 1.93. The number of aliphatic hydroxyl groups is 1. The van der Waals surface area contributed by atoms with Crippen molar-refractivity contribution in [1.29, 1.82) is 0 Å². The van der Waals surface area contributed by atoms with Crippen LogP contribution in [0, 0.1) is 13.8 Å². The largest absolute Gasteiger partial charge is 0.507 e. The number of aryl methyl sites for hydroxylation is 2. The maximum absolute atomic E-state index is 13.1. The molecule has 2 aromatic carbocycles. The van der Waals surface area contributed by atoms with Gasteiger partial charge in [-0.2, -0.15) is 0 Å². The van der Waals surface area contributed by atoms with E-state index in [1.54, 1.807) is 43.3 Å². The average Bonchev–Trinajstić information content (AvgIpc) is 3.30. The maximum atomic E-state index is 13.1. The van der Waals surface area contributed by atoms with Gasteiger partial charge in [0, 0.05) is 11.3 Å². The van der Waals surface area contributed by atoms with E-state index < -0.39 is 17.7 Å². The molecule has 0 bridgehead atoms. The number of anilines is 1. The number of hydrogen-bond acceptors (Lipinski definition) is 5. The molecule has 6 nitrogen and oxygen atoms in total. The van der Waals surface area contributed by atoms with Crippen LogP contribution in [0.25, 0.3) is 5.76 Å². The van der Waals surface area contributed by atoms with E-state index in [1.807, 2.05) is 19.1 Å². The van der Waals surface area contributed by atoms with Crippen molar-refractivity contribution in [2.24, 2.45) is 0 Å². The van der Waals surface area contributed by atoms with Crippen LogP contribution in [0.5, 0.6) is 5.75 Å². The van der Waals surface area contributed by atoms with Gasteiger partial charge in [-0.3, -0.25) is 14.5 Å². The molecule has 0 spiro atoms. The number of ketones is 1. The molecule has 0 saturated carbocycles. The quantitative estimate of drug-likeness (QED) is 0.345. The Morgan fingerprint density at radius 1 is 1.06 bits per heavy atom. The number of amides is 1. The minimum Gasteiger partial charge on any atom is -0.507 e. The molecule has 1 unspecified atom stereocenters. The number of furan rings is 1. The molecule has 3 aromatic rings. The minimum absolute atomic E-state index is 0.0655. The molecule has 1 aliphatic rings. The molecule has 1 fully saturated rings. The van der Waals surface area contributed by atoms with Crippen molar-refractivity contribution in [3.8, 4) is 5.75 Å². The lowest BCUT2D eigenvalue weighted by Gasteiger charge is -2.23. The van der Waals surface area contributed by atoms with Crippen LogP contribution in [0.3, 0.4) is 0 Å². The van der Waals surface area contributed by atoms with Gasteiger partial charge in [-0.1, -0.05) is 29.3 Å². The van der Waals surface area contributed by atoms with Gasteiger partial charge in [0.1, 0.15) is 29.1 Å². The van der Waals surface area contributed by atoms with Crippen molar-refractivity contribution in [2.45, 2.75) is 19.9 Å². The van der Waals surface area contributed by atoms with Crippen LogP contribution < -0.4 is 9.64 Å². The highest BCUT2D eigenvalue weighted by molar-refractivity contribution is 6.51. The third kappa shape index (κ3) is 3.59. The molecular weight excluding hydrogens is 418 g/mol. The monoisotopic (exact) mass is 437 g/mol. The number of Topliss-reactive ketones (excluding diaryl/α,β-unsaturated/α-hetero) is 1. The van der Waals surface area contributed by atoms with Crippen LogP contribution >= 0.6 is 11.6 Å². The molecule has 1 aliphatic heterocycles. The molecule has 0 aliphatic carbocycles. The smallest absolute Gasteiger partial charge is 0.300 e. The van der Waals surface area contributed by atoms with Crippen molar-refractivity contribution >= 4 is 34.7 Å². The van der Waals surface area contributed by atoms with Crippen molar-refractivity contribution in [1.82, 2.24) is 0 Å². The zero-order valence-electron chi connectivity index (χ0n) is 17.2. The van der Waals surface area contributed by atoms with Crippen molar-refractivity contribution in [2.75, 3.05) is 12.0 Å². The molecule has 7 heteroatoms. The van der Waals surface area contributed by atoms with E-state index in [1.165, 1.54) is 18.1 Å². The average molecular weight is 438 g/mol. The normalized spacial score (nSPS) is 17.9. The summed E-state index contributed by atoms with van der Waals surface area (Å²) in [6.07, 6.45) is 0. The molecule has 158 valence electrons. The maximum Gasteiger partial charge on any atom is 0.300 e. The van der Waals surface area contributed by atoms with Crippen molar-refractivity contribution < 1.29 is 23.8 Å². The summed E-state index contributed by atoms with van der Waals surface area (Å²) in [4.78, 5) is 27.5. The summed E-state index contributed by atoms with van der Waals surface area (Å²) in [5.41, 5.74) is 1.78. The number of methoxy groups -OCH3 is 1. The van der Waals surface area contributed by atoms with Crippen LogP contribution in [-0.2, 0) is 9.59 Å². The van der Waals surface area contributed by atoms with Crippen molar-refractivity contribution in [3.63, 3.8) is 0 Å². The molecule has 1 N–H and O–H groups in total. The van der Waals surface area contributed by atoms with Crippen LogP contribution in [0.4, 0.5) is 5.69 Å². The Morgan fingerprint density at radius 2 is 1.77 bits per heavy atom. The van der Waals surface area contributed by atoms with Crippen LogP contribution in [0.15, 0.2) is 64.6 Å². The van der Waals surface area contributed by atoms with Gasteiger partial charge >= 0.3 is 0 Å². The number of rotatable bonds is 4. The number of halogens is 1. The van der Waals surface area contributed by atoms with E-state index in [-0.39, 0.29) is 11.3 Å². The van der Waals surface area contributed by atoms with Gasteiger partial charge in [-0.25, -0.2) is 0 Å². The summed E-state index contributed by atoms with van der Waals surface area (Å²) >= 11 is 6.09. The third-order valence-corrected chi connectivity index (χ3v) is 5.52. The predicted octanol–water partition coefficient (Wildman–Crippen LogP) is 5.18. The summed E-state index contributed by atoms with van der Waals surface area (Å²) in [7, 11) is 1.45. The highest BCUT2D eigenvalue weighted by atomic mass is 35.5. The number of carbonyl (C=O) groups excluding carboxylic acids is 2. The first kappa shape index (κ1) is 20.8. The lowest BCUT2D eigenvalue weighted by atomic mass is 9.99. The highest BCUT2D eigenvalue weighted by Gasteiger charge is 2.48. The first-order valence-corrected chi connectivity index (χ1v) is 9.97. The Kier molecular flexibility index (Phi) is 5.33. The van der Waals surface area contributed by atoms with Gasteiger partial charge in [-0.05, 0) is 56.3 Å². The van der Waals surface area contributed by atoms with Crippen molar-refractivity contribution in [3.05, 3.63) is 87.8 Å². The van der Waals surface area contributed by atoms with Gasteiger partial charge in [-0.15, -0.1) is 0 Å². The van der Waals surface area contributed by atoms with Gasteiger partial charge in [0.15, 0.2) is 0 Å². The number of aliphatic hydroxyl groups excluding tert-OH is 1. The molecule has 1 aromatic heterocycles. The van der Waals surface area contributed by atoms with E-state index in [2.05, 4.69) is 0 Å². The summed E-state index contributed by atoms with van der Waals surface area (Å²) in [6.45, 7) is 3.70. The van der Waals surface area contributed by atoms with E-state index in [4.69, 9.17) is 20.8 Å². The van der Waals surface area contributed by atoms with Crippen LogP contribution in [0.1, 0.15) is 28.7 Å². The summed E-state index contributed by atoms with van der Waals surface area (Å²) in [6, 6.07) is 14.4. The number of nitrogens with zero attached hydrogens (tertiary/aromatic N) is 1. The first-order valence-electron chi connectivity index (χ1n) is 9.59. The van der Waals surface area contributed by atoms with E-state index in [0.29, 0.717) is 33.5 Å². The molecule has 1 atom stereocenters. The summed E-state index contributed by atoms with van der Waals surface area (Å²) in [5, 5.41) is 11.5. The molecule has 0 radical (unpaired) electrons. The second-order valence-corrected chi connectivity index (χ2v) is 7.71. The van der Waals surface area contributed by atoms with Gasteiger partial charge in [0.2, 0.25) is 0 Å². The Hall–Kier alpha value is -3.51. The Morgan fingerprint density at radius 3 is 2.39 bits per heavy atom. The number of ether oxygens (including phenoxy) is 1. The second kappa shape index (κ2) is 7.96. The molecule has 1 amide bonds. The van der Waals surface area contributed by atoms with Gasteiger partial charge in [0.25, 0.3) is 11.7 Å². The first-order chi connectivity index (χ1) is 14.8. The SMILES string of the molecule is COc1cc(/C(O)=C2/C(=O)C(=O)N(c3ccc(C)cc3)C2c2ccc(C)o2)ccc1Cl. The molecule has 1 saturated heterocycles. The second-order valence-electron chi connectivity index (χ2n) is 7.30. The molecule has 2 heterocycles. The Bertz CT molecular complexity index is 1210. The van der Waals surface area contributed by atoms with E-state index >= 15 is 0 Å². The minimum atomic E-state index is -0.918. The highest BCUT2D eigenvalue weighted by Crippen LogP contribution is 2.43. The fourth-order valence-electron chi connectivity index (χ4n) is 3.64. The number of carbonyl (C=O) groups is 2. The Labute approximate surface area is 184 Å². The fraction of sp³-hybridized carbons (Fsp3) is 0.167. The van der Waals surface area contributed by atoms with Crippen LogP contribution in [0.2, 0.25) is 5.02 Å². The fourth-order valence-corrected chi connectivity index (χ4v) is 3.83. The molecule has 31 heavy (non-hydrogen) atoms. The predicted molar refractivity (Wildman–Crippen MR) is 117 cm³/mol. The van der Waals surface area contributed by atoms with Gasteiger partial charge < -0.3 is 14.3 Å². The zero-order valence-corrected chi connectivity index (χ0v) is 17.9. The topological polar surface area (TPSA) is 80.0 Å². The molecular formula is C24H20ClNO5.